The molecule has 0 aliphatic rings. The summed E-state index contributed by atoms with van der Waals surface area (Å²) in [5.74, 6) is -0.666. The van der Waals surface area contributed by atoms with E-state index in [-0.39, 0.29) is 22.9 Å². The van der Waals surface area contributed by atoms with Crippen molar-refractivity contribution in [3.05, 3.63) is 75.8 Å². The molecule has 150 valence electrons. The number of carbonyl (C=O) groups is 1. The summed E-state index contributed by atoms with van der Waals surface area (Å²) < 4.78 is 11.2. The van der Waals surface area contributed by atoms with Gasteiger partial charge in [-0.05, 0) is 29.8 Å². The summed E-state index contributed by atoms with van der Waals surface area (Å²) in [6, 6.07) is 15.3. The Morgan fingerprint density at radius 1 is 1.03 bits per heavy atom. The number of aromatic carboxylic acids is 1. The highest BCUT2D eigenvalue weighted by Gasteiger charge is 2.20. The molecule has 0 aromatic heterocycles. The van der Waals surface area contributed by atoms with Crippen LogP contribution in [0.15, 0.2) is 64.4 Å². The second-order valence-corrected chi connectivity index (χ2v) is 7.84. The van der Waals surface area contributed by atoms with E-state index in [1.807, 2.05) is 30.3 Å². The minimum atomic E-state index is -1.15. The van der Waals surface area contributed by atoms with E-state index in [0.29, 0.717) is 26.3 Å². The third kappa shape index (κ3) is 5.09. The van der Waals surface area contributed by atoms with Crippen LogP contribution in [0.4, 0.5) is 0 Å². The zero-order valence-corrected chi connectivity index (χ0v) is 17.5. The van der Waals surface area contributed by atoms with Gasteiger partial charge in [0.25, 0.3) is 0 Å². The SMILES string of the molecule is COc1cc(Sc2cc(Cl)cc(Cl)c2O)c(C(=O)O)cc1OCc1ccccc1. The van der Waals surface area contributed by atoms with Gasteiger partial charge < -0.3 is 19.7 Å². The molecule has 0 fully saturated rings. The molecule has 0 aliphatic carbocycles. The molecule has 0 amide bonds. The number of phenols is 1. The number of phenolic OH excluding ortho intramolecular Hbond substituents is 1. The molecule has 0 aliphatic heterocycles. The van der Waals surface area contributed by atoms with Crippen molar-refractivity contribution in [3.63, 3.8) is 0 Å². The number of rotatable bonds is 7. The van der Waals surface area contributed by atoms with Crippen LogP contribution in [-0.2, 0) is 6.61 Å². The Labute approximate surface area is 181 Å². The molecule has 3 rings (SSSR count). The predicted molar refractivity (Wildman–Crippen MR) is 113 cm³/mol. The first-order chi connectivity index (χ1) is 13.9. The van der Waals surface area contributed by atoms with E-state index in [2.05, 4.69) is 0 Å². The molecule has 0 unspecified atom stereocenters. The van der Waals surface area contributed by atoms with E-state index < -0.39 is 5.97 Å². The van der Waals surface area contributed by atoms with Gasteiger partial charge in [0.2, 0.25) is 0 Å². The molecule has 0 bridgehead atoms. The Kier molecular flexibility index (Phi) is 6.79. The van der Waals surface area contributed by atoms with Gasteiger partial charge >= 0.3 is 5.97 Å². The number of hydrogen-bond acceptors (Lipinski definition) is 5. The molecule has 0 spiro atoms. The molecule has 0 saturated heterocycles. The lowest BCUT2D eigenvalue weighted by molar-refractivity contribution is 0.0692. The normalized spacial score (nSPS) is 10.6. The van der Waals surface area contributed by atoms with Crippen LogP contribution in [0.5, 0.6) is 17.2 Å². The number of benzene rings is 3. The van der Waals surface area contributed by atoms with Crippen LogP contribution >= 0.6 is 35.0 Å². The van der Waals surface area contributed by atoms with E-state index in [0.717, 1.165) is 17.3 Å². The topological polar surface area (TPSA) is 76.0 Å². The van der Waals surface area contributed by atoms with Crippen LogP contribution in [0, 0.1) is 0 Å². The maximum absolute atomic E-state index is 11.8. The van der Waals surface area contributed by atoms with Crippen molar-refractivity contribution in [2.24, 2.45) is 0 Å². The highest BCUT2D eigenvalue weighted by molar-refractivity contribution is 7.99. The molecule has 29 heavy (non-hydrogen) atoms. The van der Waals surface area contributed by atoms with Gasteiger partial charge in [0.05, 0.1) is 22.6 Å². The summed E-state index contributed by atoms with van der Waals surface area (Å²) in [5.41, 5.74) is 0.928. The Balaban J connectivity index is 1.97. The maximum atomic E-state index is 11.8. The summed E-state index contributed by atoms with van der Waals surface area (Å²) in [7, 11) is 1.47. The Morgan fingerprint density at radius 3 is 2.41 bits per heavy atom. The van der Waals surface area contributed by atoms with Gasteiger partial charge in [0, 0.05) is 9.92 Å². The van der Waals surface area contributed by atoms with Crippen molar-refractivity contribution < 1.29 is 24.5 Å². The molecule has 0 atom stereocenters. The second-order valence-electron chi connectivity index (χ2n) is 5.92. The molecular weight excluding hydrogens is 435 g/mol. The minimum Gasteiger partial charge on any atom is -0.505 e. The van der Waals surface area contributed by atoms with Gasteiger partial charge in [-0.1, -0.05) is 65.3 Å². The zero-order valence-electron chi connectivity index (χ0n) is 15.2. The molecule has 0 radical (unpaired) electrons. The standard InChI is InChI=1S/C21H16Cl2O5S/c1-27-16-10-18(29-19-8-13(22)7-15(23)20(19)24)14(21(25)26)9-17(16)28-11-12-5-3-2-4-6-12/h2-10,24H,11H2,1H3,(H,25,26). The summed E-state index contributed by atoms with van der Waals surface area (Å²) in [5, 5.41) is 20.3. The number of hydrogen-bond donors (Lipinski definition) is 2. The van der Waals surface area contributed by atoms with Gasteiger partial charge in [-0.2, -0.15) is 0 Å². The summed E-state index contributed by atoms with van der Waals surface area (Å²) >= 11 is 13.0. The lowest BCUT2D eigenvalue weighted by Crippen LogP contribution is -2.03. The van der Waals surface area contributed by atoms with Gasteiger partial charge in [0.1, 0.15) is 12.4 Å². The lowest BCUT2D eigenvalue weighted by atomic mass is 10.2. The van der Waals surface area contributed by atoms with Crippen molar-refractivity contribution in [2.45, 2.75) is 16.4 Å². The molecule has 3 aromatic carbocycles. The van der Waals surface area contributed by atoms with Gasteiger partial charge in [-0.3, -0.25) is 0 Å². The number of carboxylic acids is 1. The van der Waals surface area contributed by atoms with Gasteiger partial charge in [0.15, 0.2) is 11.5 Å². The van der Waals surface area contributed by atoms with E-state index >= 15 is 0 Å². The number of carboxylic acid groups (broad SMARTS) is 1. The van der Waals surface area contributed by atoms with Crippen LogP contribution in [0.3, 0.4) is 0 Å². The third-order valence-electron chi connectivity index (χ3n) is 3.95. The van der Waals surface area contributed by atoms with E-state index in [1.165, 1.54) is 25.3 Å². The minimum absolute atomic E-state index is 0.00522. The Bertz CT molecular complexity index is 1040. The smallest absolute Gasteiger partial charge is 0.336 e. The van der Waals surface area contributed by atoms with Crippen LogP contribution in [-0.4, -0.2) is 23.3 Å². The van der Waals surface area contributed by atoms with Crippen LogP contribution < -0.4 is 9.47 Å². The molecule has 0 heterocycles. The number of methoxy groups -OCH3 is 1. The number of halogens is 2. The maximum Gasteiger partial charge on any atom is 0.336 e. The van der Waals surface area contributed by atoms with Crippen molar-refractivity contribution in [3.8, 4) is 17.2 Å². The first-order valence-electron chi connectivity index (χ1n) is 8.37. The summed E-state index contributed by atoms with van der Waals surface area (Å²) in [6.07, 6.45) is 0. The number of aromatic hydroxyl groups is 1. The first-order valence-corrected chi connectivity index (χ1v) is 9.94. The monoisotopic (exact) mass is 450 g/mol. The number of ether oxygens (including phenoxy) is 2. The van der Waals surface area contributed by atoms with Crippen molar-refractivity contribution in [1.29, 1.82) is 0 Å². The van der Waals surface area contributed by atoms with Gasteiger partial charge in [-0.15, -0.1) is 0 Å². The average molecular weight is 451 g/mol. The molecule has 0 saturated carbocycles. The van der Waals surface area contributed by atoms with Crippen molar-refractivity contribution >= 4 is 40.9 Å². The second kappa shape index (κ2) is 9.31. The fraction of sp³-hybridized carbons (Fsp3) is 0.0952. The van der Waals surface area contributed by atoms with E-state index in [9.17, 15) is 15.0 Å². The Morgan fingerprint density at radius 2 is 1.76 bits per heavy atom. The van der Waals surface area contributed by atoms with Crippen LogP contribution in [0.2, 0.25) is 10.0 Å². The first kappa shape index (κ1) is 21.2. The fourth-order valence-electron chi connectivity index (χ4n) is 2.54. The molecule has 8 heteroatoms. The fourth-order valence-corrected chi connectivity index (χ4v) is 4.20. The van der Waals surface area contributed by atoms with E-state index in [1.54, 1.807) is 6.07 Å². The lowest BCUT2D eigenvalue weighted by Gasteiger charge is -2.15. The highest BCUT2D eigenvalue weighted by atomic mass is 35.5. The van der Waals surface area contributed by atoms with Crippen LogP contribution in [0.1, 0.15) is 15.9 Å². The summed E-state index contributed by atoms with van der Waals surface area (Å²) in [4.78, 5) is 12.5. The Hall–Kier alpha value is -2.54. The van der Waals surface area contributed by atoms with Crippen molar-refractivity contribution in [2.75, 3.05) is 7.11 Å². The molecule has 5 nitrogen and oxygen atoms in total. The molecule has 2 N–H and O–H groups in total. The zero-order chi connectivity index (χ0) is 21.0. The highest BCUT2D eigenvalue weighted by Crippen LogP contribution is 2.44. The molecular formula is C21H16Cl2O5S. The van der Waals surface area contributed by atoms with Crippen LogP contribution in [0.25, 0.3) is 0 Å². The van der Waals surface area contributed by atoms with Gasteiger partial charge in [-0.25, -0.2) is 4.79 Å². The third-order valence-corrected chi connectivity index (χ3v) is 5.54. The van der Waals surface area contributed by atoms with Crippen molar-refractivity contribution in [1.82, 2.24) is 0 Å². The van der Waals surface area contributed by atoms with E-state index in [4.69, 9.17) is 32.7 Å². The largest absolute Gasteiger partial charge is 0.505 e. The quantitative estimate of drug-likeness (QED) is 0.450. The predicted octanol–water partition coefficient (Wildman–Crippen LogP) is 6.14. The molecule has 3 aromatic rings. The summed E-state index contributed by atoms with van der Waals surface area (Å²) in [6.45, 7) is 0.257. The average Bonchev–Trinajstić information content (AvgIpc) is 2.70.